The summed E-state index contributed by atoms with van der Waals surface area (Å²) >= 11 is 0. The zero-order valence-electron chi connectivity index (χ0n) is 9.31. The number of aromatic nitrogens is 2. The molecule has 1 aromatic heterocycles. The summed E-state index contributed by atoms with van der Waals surface area (Å²) in [6, 6.07) is 3.66. The van der Waals surface area contributed by atoms with Gasteiger partial charge in [-0.05, 0) is 31.1 Å². The second-order valence-electron chi connectivity index (χ2n) is 4.14. The first-order chi connectivity index (χ1) is 7.77. The Morgan fingerprint density at radius 2 is 2.50 bits per heavy atom. The summed E-state index contributed by atoms with van der Waals surface area (Å²) in [6.07, 6.45) is 1.62. The fourth-order valence-corrected chi connectivity index (χ4v) is 1.64. The molecule has 1 aromatic rings. The summed E-state index contributed by atoms with van der Waals surface area (Å²) < 4.78 is 0. The molecule has 0 saturated carbocycles. The lowest BCUT2D eigenvalue weighted by atomic mass is 9.88. The van der Waals surface area contributed by atoms with Crippen LogP contribution in [0.3, 0.4) is 0 Å². The summed E-state index contributed by atoms with van der Waals surface area (Å²) in [4.78, 5) is 11.8. The van der Waals surface area contributed by atoms with Crippen LogP contribution in [-0.2, 0) is 11.3 Å². The van der Waals surface area contributed by atoms with Crippen molar-refractivity contribution in [1.29, 1.82) is 0 Å². The molecule has 1 aliphatic rings. The molecule has 2 rings (SSSR count). The Kier molecular flexibility index (Phi) is 3.46. The first kappa shape index (κ1) is 11.0. The summed E-state index contributed by atoms with van der Waals surface area (Å²) in [5.41, 5.74) is 0.787. The third kappa shape index (κ3) is 2.55. The van der Waals surface area contributed by atoms with Crippen molar-refractivity contribution in [2.45, 2.75) is 13.5 Å². The maximum Gasteiger partial charge on any atom is 0.223 e. The van der Waals surface area contributed by atoms with Gasteiger partial charge in [-0.25, -0.2) is 0 Å². The zero-order chi connectivity index (χ0) is 11.4. The Hall–Kier alpha value is -1.49. The lowest BCUT2D eigenvalue weighted by molar-refractivity contribution is -0.126. The first-order valence-electron chi connectivity index (χ1n) is 5.52. The second-order valence-corrected chi connectivity index (χ2v) is 4.14. The van der Waals surface area contributed by atoms with Crippen molar-refractivity contribution in [2.75, 3.05) is 13.1 Å². The van der Waals surface area contributed by atoms with E-state index in [1.165, 1.54) is 0 Å². The van der Waals surface area contributed by atoms with Crippen LogP contribution in [-0.4, -0.2) is 29.2 Å². The molecule has 1 saturated heterocycles. The fourth-order valence-electron chi connectivity index (χ4n) is 1.64. The lowest BCUT2D eigenvalue weighted by Crippen LogP contribution is -2.49. The van der Waals surface area contributed by atoms with Crippen molar-refractivity contribution in [2.24, 2.45) is 11.8 Å². The van der Waals surface area contributed by atoms with Gasteiger partial charge in [0.25, 0.3) is 0 Å². The summed E-state index contributed by atoms with van der Waals surface area (Å²) in [6.45, 7) is 4.31. The van der Waals surface area contributed by atoms with Crippen LogP contribution in [0.4, 0.5) is 0 Å². The van der Waals surface area contributed by atoms with E-state index < -0.39 is 0 Å². The minimum absolute atomic E-state index is 0.0675. The molecule has 5 heteroatoms. The van der Waals surface area contributed by atoms with Crippen LogP contribution in [0.1, 0.15) is 12.6 Å². The highest BCUT2D eigenvalue weighted by atomic mass is 16.1. The highest BCUT2D eigenvalue weighted by Gasteiger charge is 2.28. The molecule has 2 N–H and O–H groups in total. The summed E-state index contributed by atoms with van der Waals surface area (Å²) in [7, 11) is 0. The van der Waals surface area contributed by atoms with Gasteiger partial charge in [-0.15, -0.1) is 0 Å². The highest BCUT2D eigenvalue weighted by Crippen LogP contribution is 2.15. The van der Waals surface area contributed by atoms with Crippen LogP contribution < -0.4 is 10.6 Å². The van der Waals surface area contributed by atoms with Gasteiger partial charge in [0.05, 0.1) is 12.2 Å². The monoisotopic (exact) mass is 220 g/mol. The molecule has 0 aromatic carbocycles. The second kappa shape index (κ2) is 5.03. The predicted molar refractivity (Wildman–Crippen MR) is 59.4 cm³/mol. The summed E-state index contributed by atoms with van der Waals surface area (Å²) in [5.74, 6) is 0.636. The minimum atomic E-state index is 0.0675. The van der Waals surface area contributed by atoms with Crippen molar-refractivity contribution in [3.05, 3.63) is 24.0 Å². The van der Waals surface area contributed by atoms with E-state index in [9.17, 15) is 4.79 Å². The van der Waals surface area contributed by atoms with E-state index in [0.717, 1.165) is 18.8 Å². The maximum absolute atomic E-state index is 11.8. The normalized spacial score (nSPS) is 17.6. The number of carbonyl (C=O) groups is 1. The molecule has 86 valence electrons. The van der Waals surface area contributed by atoms with E-state index in [0.29, 0.717) is 12.5 Å². The molecule has 1 atom stereocenters. The molecule has 0 radical (unpaired) electrons. The Labute approximate surface area is 94.6 Å². The smallest absolute Gasteiger partial charge is 0.223 e. The van der Waals surface area contributed by atoms with Gasteiger partial charge in [-0.1, -0.05) is 6.92 Å². The van der Waals surface area contributed by atoms with Crippen molar-refractivity contribution >= 4 is 5.91 Å². The SMILES string of the molecule is CC(C(=O)NCc1cccnn1)C1CNC1. The van der Waals surface area contributed by atoms with Gasteiger partial charge in [0, 0.05) is 12.1 Å². The Balaban J connectivity index is 1.79. The molecular formula is C11H16N4O. The number of nitrogens with zero attached hydrogens (tertiary/aromatic N) is 2. The molecule has 16 heavy (non-hydrogen) atoms. The van der Waals surface area contributed by atoms with Gasteiger partial charge in [0.15, 0.2) is 0 Å². The molecule has 1 unspecified atom stereocenters. The number of rotatable bonds is 4. The van der Waals surface area contributed by atoms with Gasteiger partial charge in [-0.2, -0.15) is 10.2 Å². The number of hydrogen-bond acceptors (Lipinski definition) is 4. The summed E-state index contributed by atoms with van der Waals surface area (Å²) in [5, 5.41) is 13.7. The average Bonchev–Trinajstić information content (AvgIpc) is 2.25. The number of carbonyl (C=O) groups excluding carboxylic acids is 1. The average molecular weight is 220 g/mol. The van der Waals surface area contributed by atoms with E-state index in [2.05, 4.69) is 20.8 Å². The zero-order valence-corrected chi connectivity index (χ0v) is 9.31. The molecule has 5 nitrogen and oxygen atoms in total. The van der Waals surface area contributed by atoms with E-state index in [1.54, 1.807) is 6.20 Å². The van der Waals surface area contributed by atoms with Gasteiger partial charge < -0.3 is 10.6 Å². The van der Waals surface area contributed by atoms with E-state index in [-0.39, 0.29) is 11.8 Å². The third-order valence-corrected chi connectivity index (χ3v) is 3.00. The molecule has 1 aliphatic heterocycles. The Morgan fingerprint density at radius 1 is 1.69 bits per heavy atom. The molecule has 0 bridgehead atoms. The molecule has 0 spiro atoms. The number of amides is 1. The van der Waals surface area contributed by atoms with Gasteiger partial charge in [0.2, 0.25) is 5.91 Å². The first-order valence-corrected chi connectivity index (χ1v) is 5.52. The Morgan fingerprint density at radius 3 is 3.06 bits per heavy atom. The van der Waals surface area contributed by atoms with Crippen molar-refractivity contribution in [3.8, 4) is 0 Å². The van der Waals surface area contributed by atoms with Crippen LogP contribution in [0.15, 0.2) is 18.3 Å². The van der Waals surface area contributed by atoms with Crippen molar-refractivity contribution < 1.29 is 4.79 Å². The van der Waals surface area contributed by atoms with E-state index in [4.69, 9.17) is 0 Å². The molecular weight excluding hydrogens is 204 g/mol. The van der Waals surface area contributed by atoms with Gasteiger partial charge >= 0.3 is 0 Å². The largest absolute Gasteiger partial charge is 0.350 e. The number of hydrogen-bond donors (Lipinski definition) is 2. The maximum atomic E-state index is 11.8. The lowest BCUT2D eigenvalue weighted by Gasteiger charge is -2.31. The Bertz CT molecular complexity index is 350. The molecule has 2 heterocycles. The number of nitrogens with one attached hydrogen (secondary N) is 2. The van der Waals surface area contributed by atoms with Crippen LogP contribution in [0.2, 0.25) is 0 Å². The van der Waals surface area contributed by atoms with Crippen molar-refractivity contribution in [3.63, 3.8) is 0 Å². The van der Waals surface area contributed by atoms with Crippen molar-refractivity contribution in [1.82, 2.24) is 20.8 Å². The fraction of sp³-hybridized carbons (Fsp3) is 0.545. The predicted octanol–water partition coefficient (Wildman–Crippen LogP) is -0.0517. The van der Waals surface area contributed by atoms with Gasteiger partial charge in [-0.3, -0.25) is 4.79 Å². The van der Waals surface area contributed by atoms with Gasteiger partial charge in [0.1, 0.15) is 0 Å². The van der Waals surface area contributed by atoms with Crippen LogP contribution in [0.25, 0.3) is 0 Å². The van der Waals surface area contributed by atoms with Crippen LogP contribution in [0.5, 0.6) is 0 Å². The third-order valence-electron chi connectivity index (χ3n) is 3.00. The standard InChI is InChI=1S/C11H16N4O/c1-8(9-5-12-6-9)11(16)13-7-10-3-2-4-14-15-10/h2-4,8-9,12H,5-7H2,1H3,(H,13,16). The topological polar surface area (TPSA) is 66.9 Å². The molecule has 1 amide bonds. The van der Waals surface area contributed by atoms with E-state index >= 15 is 0 Å². The highest BCUT2D eigenvalue weighted by molar-refractivity contribution is 5.78. The van der Waals surface area contributed by atoms with Crippen LogP contribution in [0, 0.1) is 11.8 Å². The molecule has 1 fully saturated rings. The van der Waals surface area contributed by atoms with E-state index in [1.807, 2.05) is 19.1 Å². The van der Waals surface area contributed by atoms with Crippen LogP contribution >= 0.6 is 0 Å². The minimum Gasteiger partial charge on any atom is -0.350 e. The quantitative estimate of drug-likeness (QED) is 0.746. The molecule has 0 aliphatic carbocycles.